The van der Waals surface area contributed by atoms with Crippen LogP contribution in [0.4, 0.5) is 0 Å². The molecule has 0 aromatic heterocycles. The van der Waals surface area contributed by atoms with Gasteiger partial charge in [0, 0.05) is 12.3 Å². The van der Waals surface area contributed by atoms with E-state index in [2.05, 4.69) is 13.8 Å². The third-order valence-electron chi connectivity index (χ3n) is 3.33. The highest BCUT2D eigenvalue weighted by molar-refractivity contribution is 6.08. The summed E-state index contributed by atoms with van der Waals surface area (Å²) in [7, 11) is 0. The van der Waals surface area contributed by atoms with E-state index < -0.39 is 5.41 Å². The first-order valence-corrected chi connectivity index (χ1v) is 5.28. The van der Waals surface area contributed by atoms with Crippen molar-refractivity contribution in [1.29, 1.82) is 0 Å². The van der Waals surface area contributed by atoms with Crippen LogP contribution in [-0.4, -0.2) is 18.4 Å². The minimum Gasteiger partial charge on any atom is -0.465 e. The summed E-state index contributed by atoms with van der Waals surface area (Å²) in [6.07, 6.45) is 2.15. The summed E-state index contributed by atoms with van der Waals surface area (Å²) in [5.74, 6) is 0.564. The normalized spacial score (nSPS) is 34.2. The van der Waals surface area contributed by atoms with E-state index in [0.717, 1.165) is 12.8 Å². The summed E-state index contributed by atoms with van der Waals surface area (Å²) in [4.78, 5) is 23.2. The Morgan fingerprint density at radius 2 is 2.36 bits per heavy atom. The molecule has 3 nitrogen and oxygen atoms in total. The average molecular weight is 196 g/mol. The van der Waals surface area contributed by atoms with Gasteiger partial charge in [0.25, 0.3) is 0 Å². The summed E-state index contributed by atoms with van der Waals surface area (Å²) < 4.78 is 4.89. The Bertz CT molecular complexity index is 282. The lowest BCUT2D eigenvalue weighted by Gasteiger charge is -2.09. The largest absolute Gasteiger partial charge is 0.465 e. The molecule has 3 heteroatoms. The van der Waals surface area contributed by atoms with E-state index >= 15 is 0 Å². The molecule has 2 atom stereocenters. The van der Waals surface area contributed by atoms with Crippen LogP contribution in [-0.2, 0) is 14.3 Å². The molecule has 1 heterocycles. The number of ketones is 1. The van der Waals surface area contributed by atoms with E-state index in [1.807, 2.05) is 0 Å². The number of fused-ring (bicyclic) bond motifs is 1. The van der Waals surface area contributed by atoms with Crippen molar-refractivity contribution in [1.82, 2.24) is 0 Å². The molecular weight excluding hydrogens is 180 g/mol. The number of carbonyl (C=O) groups is 2. The van der Waals surface area contributed by atoms with Crippen LogP contribution in [0.1, 0.15) is 33.1 Å². The summed E-state index contributed by atoms with van der Waals surface area (Å²) in [5, 5.41) is 0. The average Bonchev–Trinajstić information content (AvgIpc) is 2.79. The summed E-state index contributed by atoms with van der Waals surface area (Å²) >= 11 is 0. The van der Waals surface area contributed by atoms with Crippen molar-refractivity contribution in [2.24, 2.45) is 17.3 Å². The Balaban J connectivity index is 1.96. The van der Waals surface area contributed by atoms with Gasteiger partial charge < -0.3 is 4.74 Å². The van der Waals surface area contributed by atoms with Crippen molar-refractivity contribution >= 4 is 11.8 Å². The number of rotatable bonds is 4. The predicted molar refractivity (Wildman–Crippen MR) is 50.6 cm³/mol. The fourth-order valence-electron chi connectivity index (χ4n) is 2.18. The summed E-state index contributed by atoms with van der Waals surface area (Å²) in [6.45, 7) is 4.64. The Hall–Kier alpha value is -0.860. The van der Waals surface area contributed by atoms with Gasteiger partial charge in [0.2, 0.25) is 0 Å². The Kier molecular flexibility index (Phi) is 2.13. The van der Waals surface area contributed by atoms with E-state index in [-0.39, 0.29) is 17.7 Å². The van der Waals surface area contributed by atoms with Gasteiger partial charge >= 0.3 is 5.97 Å². The molecule has 14 heavy (non-hydrogen) atoms. The maximum atomic E-state index is 11.8. The Labute approximate surface area is 83.8 Å². The first-order valence-electron chi connectivity index (χ1n) is 5.28. The van der Waals surface area contributed by atoms with Crippen molar-refractivity contribution in [3.63, 3.8) is 0 Å². The van der Waals surface area contributed by atoms with Crippen LogP contribution < -0.4 is 0 Å². The van der Waals surface area contributed by atoms with E-state index in [0.29, 0.717) is 18.9 Å². The molecule has 78 valence electrons. The van der Waals surface area contributed by atoms with E-state index in [1.165, 1.54) is 0 Å². The fraction of sp³-hybridized carbons (Fsp3) is 0.818. The highest BCUT2D eigenvalue weighted by Gasteiger charge is 2.69. The highest BCUT2D eigenvalue weighted by atomic mass is 16.5. The zero-order valence-electron chi connectivity index (χ0n) is 8.71. The molecule has 0 spiro atoms. The van der Waals surface area contributed by atoms with Gasteiger partial charge in [-0.3, -0.25) is 9.59 Å². The number of esters is 1. The topological polar surface area (TPSA) is 43.4 Å². The third kappa shape index (κ3) is 1.26. The van der Waals surface area contributed by atoms with Crippen LogP contribution >= 0.6 is 0 Å². The molecule has 2 rings (SSSR count). The second-order valence-electron chi connectivity index (χ2n) is 4.83. The van der Waals surface area contributed by atoms with Crippen LogP contribution in [0.5, 0.6) is 0 Å². The minimum atomic E-state index is -0.686. The molecule has 0 radical (unpaired) electrons. The zero-order valence-corrected chi connectivity index (χ0v) is 8.71. The Morgan fingerprint density at radius 1 is 1.64 bits per heavy atom. The van der Waals surface area contributed by atoms with Crippen LogP contribution in [0.3, 0.4) is 0 Å². The second kappa shape index (κ2) is 3.07. The predicted octanol–water partition coefficient (Wildman–Crippen LogP) is 1.55. The first-order chi connectivity index (χ1) is 6.57. The molecule has 0 N–H and O–H groups in total. The molecule has 0 bridgehead atoms. The monoisotopic (exact) mass is 196 g/mol. The fourth-order valence-corrected chi connectivity index (χ4v) is 2.18. The van der Waals surface area contributed by atoms with Crippen molar-refractivity contribution < 1.29 is 14.3 Å². The lowest BCUT2D eigenvalue weighted by atomic mass is 9.93. The van der Waals surface area contributed by atoms with Gasteiger partial charge in [-0.25, -0.2) is 0 Å². The van der Waals surface area contributed by atoms with Gasteiger partial charge in [-0.15, -0.1) is 0 Å². The summed E-state index contributed by atoms with van der Waals surface area (Å²) in [6, 6.07) is 0. The van der Waals surface area contributed by atoms with Crippen LogP contribution in [0, 0.1) is 17.3 Å². The van der Waals surface area contributed by atoms with E-state index in [4.69, 9.17) is 4.74 Å². The molecule has 1 aliphatic carbocycles. The van der Waals surface area contributed by atoms with E-state index in [9.17, 15) is 9.59 Å². The second-order valence-corrected chi connectivity index (χ2v) is 4.83. The number of hydrogen-bond acceptors (Lipinski definition) is 3. The quantitative estimate of drug-likeness (QED) is 0.506. The molecule has 0 aromatic carbocycles. The maximum absolute atomic E-state index is 11.8. The molecule has 2 unspecified atom stereocenters. The minimum absolute atomic E-state index is 0.110. The number of carbonyl (C=O) groups excluding carboxylic acids is 2. The SMILES string of the molecule is CC(C)CCC(=O)C12CC1COC2=O. The molecular formula is C11H16O3. The van der Waals surface area contributed by atoms with E-state index in [1.54, 1.807) is 0 Å². The maximum Gasteiger partial charge on any atom is 0.320 e. The zero-order chi connectivity index (χ0) is 10.3. The number of ether oxygens (including phenoxy) is 1. The summed E-state index contributed by atoms with van der Waals surface area (Å²) in [5.41, 5.74) is -0.686. The molecule has 1 aliphatic heterocycles. The van der Waals surface area contributed by atoms with Crippen molar-refractivity contribution in [2.75, 3.05) is 6.61 Å². The van der Waals surface area contributed by atoms with Crippen molar-refractivity contribution in [3.05, 3.63) is 0 Å². The van der Waals surface area contributed by atoms with Gasteiger partial charge in [-0.05, 0) is 18.8 Å². The first kappa shape index (κ1) is 9.69. The van der Waals surface area contributed by atoms with Crippen LogP contribution in [0.25, 0.3) is 0 Å². The molecule has 0 aromatic rings. The Morgan fingerprint density at radius 3 is 2.79 bits per heavy atom. The molecule has 1 saturated carbocycles. The number of cyclic esters (lactones) is 1. The molecule has 0 amide bonds. The third-order valence-corrected chi connectivity index (χ3v) is 3.33. The van der Waals surface area contributed by atoms with Gasteiger partial charge in [0.05, 0.1) is 6.61 Å². The van der Waals surface area contributed by atoms with Gasteiger partial charge in [-0.2, -0.15) is 0 Å². The van der Waals surface area contributed by atoms with Gasteiger partial charge in [-0.1, -0.05) is 13.8 Å². The van der Waals surface area contributed by atoms with Gasteiger partial charge in [0.1, 0.15) is 5.41 Å². The lowest BCUT2D eigenvalue weighted by molar-refractivity contribution is -0.148. The molecule has 2 aliphatic rings. The number of Topliss-reactive ketones (excluding diaryl/α,β-unsaturated/α-hetero) is 1. The van der Waals surface area contributed by atoms with Gasteiger partial charge in [0.15, 0.2) is 5.78 Å². The van der Waals surface area contributed by atoms with Crippen molar-refractivity contribution in [3.8, 4) is 0 Å². The number of hydrogen-bond donors (Lipinski definition) is 0. The van der Waals surface area contributed by atoms with Crippen LogP contribution in [0.2, 0.25) is 0 Å². The molecule has 1 saturated heterocycles. The molecule has 2 fully saturated rings. The highest BCUT2D eigenvalue weighted by Crippen LogP contribution is 2.58. The lowest BCUT2D eigenvalue weighted by Crippen LogP contribution is -2.24. The standard InChI is InChI=1S/C11H16O3/c1-7(2)3-4-9(12)11-5-8(11)6-14-10(11)13/h7-8H,3-6H2,1-2H3. The van der Waals surface area contributed by atoms with Crippen molar-refractivity contribution in [2.45, 2.75) is 33.1 Å². The smallest absolute Gasteiger partial charge is 0.320 e. The van der Waals surface area contributed by atoms with Crippen LogP contribution in [0.15, 0.2) is 0 Å².